The van der Waals surface area contributed by atoms with Gasteiger partial charge in [0, 0.05) is 0 Å². The summed E-state index contributed by atoms with van der Waals surface area (Å²) in [5.41, 5.74) is 6.07. The van der Waals surface area contributed by atoms with E-state index < -0.39 is 5.82 Å². The molecule has 1 aromatic carbocycles. The van der Waals surface area contributed by atoms with Gasteiger partial charge in [-0.05, 0) is 61.7 Å². The summed E-state index contributed by atoms with van der Waals surface area (Å²) in [6.45, 7) is 6.34. The van der Waals surface area contributed by atoms with E-state index in [0.717, 1.165) is 12.6 Å². The predicted molar refractivity (Wildman–Crippen MR) is 70.3 cm³/mol. The van der Waals surface area contributed by atoms with Gasteiger partial charge < -0.3 is 11.1 Å². The smallest absolute Gasteiger partial charge is 0.126 e. The Kier molecular flexibility index (Phi) is 6.22. The zero-order valence-electron chi connectivity index (χ0n) is 11.0. The first-order valence-electron chi connectivity index (χ1n) is 6.39. The fraction of sp³-hybridized carbons (Fsp3) is 0.571. The van der Waals surface area contributed by atoms with Crippen molar-refractivity contribution in [3.63, 3.8) is 0 Å². The highest BCUT2D eigenvalue weighted by Gasteiger charge is 2.10. The Morgan fingerprint density at radius 3 is 2.61 bits per heavy atom. The third-order valence-corrected chi connectivity index (χ3v) is 3.23. The summed E-state index contributed by atoms with van der Waals surface area (Å²) in [5, 5.41) is 3.24. The Labute approximate surface area is 108 Å². The van der Waals surface area contributed by atoms with Crippen LogP contribution in [0.15, 0.2) is 18.2 Å². The van der Waals surface area contributed by atoms with Gasteiger partial charge in [0.15, 0.2) is 0 Å². The molecule has 0 heterocycles. The van der Waals surface area contributed by atoms with Crippen LogP contribution >= 0.6 is 0 Å². The van der Waals surface area contributed by atoms with Gasteiger partial charge in [0.1, 0.15) is 11.6 Å². The predicted octanol–water partition coefficient (Wildman–Crippen LogP) is 2.33. The molecule has 4 heteroatoms. The van der Waals surface area contributed by atoms with E-state index in [-0.39, 0.29) is 5.82 Å². The van der Waals surface area contributed by atoms with Crippen LogP contribution in [0.2, 0.25) is 0 Å². The SMILES string of the molecule is CC(C)C(CN)CNCCc1cc(F)ccc1F. The molecule has 0 aromatic heterocycles. The van der Waals surface area contributed by atoms with Crippen LogP contribution < -0.4 is 11.1 Å². The van der Waals surface area contributed by atoms with Crippen molar-refractivity contribution in [1.29, 1.82) is 0 Å². The van der Waals surface area contributed by atoms with Crippen LogP contribution in [0.1, 0.15) is 19.4 Å². The van der Waals surface area contributed by atoms with Crippen LogP contribution in [0.25, 0.3) is 0 Å². The van der Waals surface area contributed by atoms with Crippen molar-refractivity contribution < 1.29 is 8.78 Å². The average Bonchev–Trinajstić information content (AvgIpc) is 2.33. The van der Waals surface area contributed by atoms with Crippen LogP contribution in [-0.2, 0) is 6.42 Å². The molecular formula is C14H22F2N2. The second kappa shape index (κ2) is 7.44. The van der Waals surface area contributed by atoms with Crippen molar-refractivity contribution >= 4 is 0 Å². The van der Waals surface area contributed by atoms with E-state index in [4.69, 9.17) is 5.73 Å². The summed E-state index contributed by atoms with van der Waals surface area (Å²) in [6.07, 6.45) is 0.485. The third-order valence-electron chi connectivity index (χ3n) is 3.23. The van der Waals surface area contributed by atoms with E-state index in [0.29, 0.717) is 36.9 Å². The molecule has 1 aromatic rings. The van der Waals surface area contributed by atoms with Crippen LogP contribution in [0.3, 0.4) is 0 Å². The van der Waals surface area contributed by atoms with E-state index in [9.17, 15) is 8.78 Å². The lowest BCUT2D eigenvalue weighted by Crippen LogP contribution is -2.32. The maximum Gasteiger partial charge on any atom is 0.126 e. The second-order valence-electron chi connectivity index (χ2n) is 4.93. The minimum absolute atomic E-state index is 0.350. The average molecular weight is 256 g/mol. The summed E-state index contributed by atoms with van der Waals surface area (Å²) >= 11 is 0. The number of benzene rings is 1. The normalized spacial score (nSPS) is 13.0. The molecule has 0 bridgehead atoms. The monoisotopic (exact) mass is 256 g/mol. The molecule has 0 amide bonds. The van der Waals surface area contributed by atoms with Gasteiger partial charge in [-0.3, -0.25) is 0 Å². The molecular weight excluding hydrogens is 234 g/mol. The van der Waals surface area contributed by atoms with Crippen LogP contribution in [0.4, 0.5) is 8.78 Å². The molecule has 1 atom stereocenters. The van der Waals surface area contributed by atoms with E-state index in [1.165, 1.54) is 12.1 Å². The van der Waals surface area contributed by atoms with Crippen LogP contribution in [0, 0.1) is 23.5 Å². The molecule has 0 aliphatic heterocycles. The maximum absolute atomic E-state index is 13.3. The van der Waals surface area contributed by atoms with Crippen LogP contribution in [0.5, 0.6) is 0 Å². The fourth-order valence-corrected chi connectivity index (χ4v) is 1.84. The number of nitrogens with two attached hydrogens (primary N) is 1. The summed E-state index contributed by atoms with van der Waals surface area (Å²) < 4.78 is 26.3. The van der Waals surface area contributed by atoms with Gasteiger partial charge in [0.2, 0.25) is 0 Å². The van der Waals surface area contributed by atoms with E-state index in [1.807, 2.05) is 0 Å². The highest BCUT2D eigenvalue weighted by atomic mass is 19.1. The maximum atomic E-state index is 13.3. The molecule has 0 spiro atoms. The molecule has 0 aliphatic carbocycles. The summed E-state index contributed by atoms with van der Waals surface area (Å²) in [4.78, 5) is 0. The Balaban J connectivity index is 2.35. The Hall–Kier alpha value is -1.00. The van der Waals surface area contributed by atoms with Crippen molar-refractivity contribution in [3.05, 3.63) is 35.4 Å². The topological polar surface area (TPSA) is 38.0 Å². The minimum atomic E-state index is -0.395. The van der Waals surface area contributed by atoms with E-state index in [1.54, 1.807) is 0 Å². The molecule has 18 heavy (non-hydrogen) atoms. The first kappa shape index (κ1) is 15.1. The molecule has 2 nitrogen and oxygen atoms in total. The zero-order chi connectivity index (χ0) is 13.5. The standard InChI is InChI=1S/C14H22F2N2/c1-10(2)12(8-17)9-18-6-5-11-7-13(15)3-4-14(11)16/h3-4,7,10,12,18H,5-6,8-9,17H2,1-2H3. The molecule has 1 rings (SSSR count). The Morgan fingerprint density at radius 2 is 2.00 bits per heavy atom. The van der Waals surface area contributed by atoms with Crippen molar-refractivity contribution in [2.45, 2.75) is 20.3 Å². The van der Waals surface area contributed by atoms with Crippen molar-refractivity contribution in [2.24, 2.45) is 17.6 Å². The van der Waals surface area contributed by atoms with Crippen molar-refractivity contribution in [2.75, 3.05) is 19.6 Å². The fourth-order valence-electron chi connectivity index (χ4n) is 1.84. The largest absolute Gasteiger partial charge is 0.330 e. The van der Waals surface area contributed by atoms with E-state index >= 15 is 0 Å². The molecule has 0 saturated carbocycles. The highest BCUT2D eigenvalue weighted by Crippen LogP contribution is 2.10. The third kappa shape index (κ3) is 4.70. The molecule has 3 N–H and O–H groups in total. The van der Waals surface area contributed by atoms with Gasteiger partial charge in [0.05, 0.1) is 0 Å². The Bertz CT molecular complexity index is 367. The number of nitrogens with one attached hydrogen (secondary N) is 1. The highest BCUT2D eigenvalue weighted by molar-refractivity contribution is 5.18. The zero-order valence-corrected chi connectivity index (χ0v) is 11.0. The van der Waals surface area contributed by atoms with Gasteiger partial charge in [-0.25, -0.2) is 8.78 Å². The van der Waals surface area contributed by atoms with Crippen molar-refractivity contribution in [1.82, 2.24) is 5.32 Å². The number of hydrogen-bond donors (Lipinski definition) is 2. The molecule has 102 valence electrons. The van der Waals surface area contributed by atoms with Crippen LogP contribution in [-0.4, -0.2) is 19.6 Å². The summed E-state index contributed by atoms with van der Waals surface area (Å²) in [7, 11) is 0. The van der Waals surface area contributed by atoms with Gasteiger partial charge in [0.25, 0.3) is 0 Å². The van der Waals surface area contributed by atoms with Gasteiger partial charge >= 0.3 is 0 Å². The lowest BCUT2D eigenvalue weighted by Gasteiger charge is -2.19. The summed E-state index contributed by atoms with van der Waals surface area (Å²) in [5.74, 6) is 0.196. The lowest BCUT2D eigenvalue weighted by molar-refractivity contribution is 0.372. The minimum Gasteiger partial charge on any atom is -0.330 e. The summed E-state index contributed by atoms with van der Waals surface area (Å²) in [6, 6.07) is 3.55. The molecule has 0 aliphatic rings. The molecule has 1 unspecified atom stereocenters. The van der Waals surface area contributed by atoms with Gasteiger partial charge in [-0.1, -0.05) is 13.8 Å². The van der Waals surface area contributed by atoms with E-state index in [2.05, 4.69) is 19.2 Å². The molecule has 0 saturated heterocycles. The van der Waals surface area contributed by atoms with Gasteiger partial charge in [-0.15, -0.1) is 0 Å². The molecule has 0 fully saturated rings. The first-order valence-corrected chi connectivity index (χ1v) is 6.39. The number of halogens is 2. The van der Waals surface area contributed by atoms with Crippen molar-refractivity contribution in [3.8, 4) is 0 Å². The Morgan fingerprint density at radius 1 is 1.28 bits per heavy atom. The number of hydrogen-bond acceptors (Lipinski definition) is 2. The number of rotatable bonds is 7. The lowest BCUT2D eigenvalue weighted by atomic mass is 9.96. The second-order valence-corrected chi connectivity index (χ2v) is 4.93. The first-order chi connectivity index (χ1) is 8.54. The quantitative estimate of drug-likeness (QED) is 0.735. The molecule has 0 radical (unpaired) electrons. The van der Waals surface area contributed by atoms with Gasteiger partial charge in [-0.2, -0.15) is 0 Å².